The van der Waals surface area contributed by atoms with E-state index in [2.05, 4.69) is 61.8 Å². The fourth-order valence-electron chi connectivity index (χ4n) is 10.3. The first-order valence-corrected chi connectivity index (χ1v) is 30.2. The van der Waals surface area contributed by atoms with E-state index in [1.165, 1.54) is 12.4 Å². The van der Waals surface area contributed by atoms with Crippen LogP contribution in [0, 0.1) is 17.8 Å². The number of rotatable bonds is 29. The summed E-state index contributed by atoms with van der Waals surface area (Å²) in [4.78, 5) is 111. The molecule has 0 bridgehead atoms. The molecule has 0 unspecified atom stereocenters. The van der Waals surface area contributed by atoms with Crippen molar-refractivity contribution in [3.63, 3.8) is 0 Å². The molecule has 1 aromatic carbocycles. The number of sulfone groups is 1. The molecule has 0 radical (unpaired) electrons. The van der Waals surface area contributed by atoms with Crippen LogP contribution < -0.4 is 36.3 Å². The normalized spacial score (nSPS) is 15.6. The van der Waals surface area contributed by atoms with Gasteiger partial charge in [-0.05, 0) is 102 Å². The molecule has 5 N–H and O–H groups in total. The van der Waals surface area contributed by atoms with Crippen molar-refractivity contribution in [2.45, 2.75) is 142 Å². The largest absolute Gasteiger partial charge is 0.458 e. The summed E-state index contributed by atoms with van der Waals surface area (Å²) in [5.41, 5.74) is 1.43. The lowest BCUT2D eigenvalue weighted by Crippen LogP contribution is -2.56. The second kappa shape index (κ2) is 28.6. The van der Waals surface area contributed by atoms with Gasteiger partial charge in [0.15, 0.2) is 17.1 Å². The Morgan fingerprint density at radius 2 is 1.60 bits per heavy atom. The van der Waals surface area contributed by atoms with Crippen LogP contribution in [0.25, 0.3) is 22.3 Å². The maximum atomic E-state index is 14.0. The van der Waals surface area contributed by atoms with Gasteiger partial charge in [-0.3, -0.25) is 28.8 Å². The number of hydrogen-bond acceptors (Lipinski definition) is 18. The molecule has 0 saturated carbocycles. The van der Waals surface area contributed by atoms with Crippen LogP contribution in [0.3, 0.4) is 0 Å². The topological polar surface area (TPSA) is 309 Å². The number of likely N-dealkylation sites (N-methyl/N-ethyl adjacent to an activating group) is 1. The van der Waals surface area contributed by atoms with Crippen molar-refractivity contribution >= 4 is 56.2 Å². The van der Waals surface area contributed by atoms with Crippen molar-refractivity contribution < 1.29 is 61.2 Å². The second-order valence-corrected chi connectivity index (χ2v) is 23.1. The van der Waals surface area contributed by atoms with Gasteiger partial charge in [-0.2, -0.15) is 0 Å². The SMILES string of the molecule is CCCN(CCC)CCCC[C@H](NC(=O)[C@@H](NC(=O)CCCC#Cc1cnc(S(C)(=O)=O)nc1)C(C)C)C(=O)NCC(=O)NCOCC(=O)N(CC)CCc1c2c(nc3cc4c(cc13)OCO4)-c1cc3c(c(=O)n1C2)COC(=O)[C@]3(O)CC. The number of ether oxygens (including phenoxy) is 4. The Morgan fingerprint density at radius 3 is 2.28 bits per heavy atom. The molecule has 3 aliphatic rings. The molecule has 0 fully saturated rings. The predicted octanol–water partition coefficient (Wildman–Crippen LogP) is 2.74. The Morgan fingerprint density at radius 1 is 0.880 bits per heavy atom. The number of fused-ring (bicyclic) bond motifs is 6. The van der Waals surface area contributed by atoms with E-state index >= 15 is 0 Å². The maximum absolute atomic E-state index is 14.0. The molecule has 3 aromatic heterocycles. The Kier molecular flexibility index (Phi) is 21.8. The lowest BCUT2D eigenvalue weighted by Gasteiger charge is -2.31. The summed E-state index contributed by atoms with van der Waals surface area (Å²) in [7, 11) is -3.55. The van der Waals surface area contributed by atoms with Crippen LogP contribution in [0.5, 0.6) is 11.5 Å². The van der Waals surface area contributed by atoms with Crippen LogP contribution >= 0.6 is 0 Å². The molecule has 7 rings (SSSR count). The molecule has 25 heteroatoms. The van der Waals surface area contributed by atoms with Crippen molar-refractivity contribution in [1.82, 2.24) is 50.6 Å². The molecule has 3 aliphatic heterocycles. The lowest BCUT2D eigenvalue weighted by molar-refractivity contribution is -0.172. The molecular weight excluding hydrogens is 1090 g/mol. The van der Waals surface area contributed by atoms with Crippen LogP contribution in [-0.2, 0) is 73.3 Å². The monoisotopic (exact) mass is 1170 g/mol. The first-order chi connectivity index (χ1) is 39.7. The molecule has 4 aromatic rings. The van der Waals surface area contributed by atoms with Gasteiger partial charge in [-0.25, -0.2) is 28.2 Å². The smallest absolute Gasteiger partial charge is 0.343 e. The van der Waals surface area contributed by atoms with E-state index in [9.17, 15) is 47.1 Å². The van der Waals surface area contributed by atoms with Gasteiger partial charge in [-0.15, -0.1) is 0 Å². The van der Waals surface area contributed by atoms with Crippen molar-refractivity contribution in [2.24, 2.45) is 5.92 Å². The zero-order chi connectivity index (χ0) is 60.0. The number of nitrogens with one attached hydrogen (secondary N) is 4. The molecule has 0 spiro atoms. The number of benzene rings is 1. The lowest BCUT2D eigenvalue weighted by atomic mass is 9.86. The van der Waals surface area contributed by atoms with E-state index < -0.39 is 63.3 Å². The number of unbranched alkanes of at least 4 members (excludes halogenated alkanes) is 2. The predicted molar refractivity (Wildman–Crippen MR) is 304 cm³/mol. The van der Waals surface area contributed by atoms with Gasteiger partial charge in [-0.1, -0.05) is 46.5 Å². The molecule has 3 atom stereocenters. The third-order valence-corrected chi connectivity index (χ3v) is 15.7. The Hall–Kier alpha value is -7.53. The van der Waals surface area contributed by atoms with Crippen LogP contribution in [-0.4, -0.2) is 156 Å². The van der Waals surface area contributed by atoms with Gasteiger partial charge < -0.3 is 59.7 Å². The van der Waals surface area contributed by atoms with Crippen molar-refractivity contribution in [3.05, 3.63) is 68.8 Å². The molecule has 24 nitrogen and oxygen atoms in total. The van der Waals surface area contributed by atoms with E-state index in [1.807, 2.05) is 13.0 Å². The second-order valence-electron chi connectivity index (χ2n) is 21.1. The fourth-order valence-corrected chi connectivity index (χ4v) is 10.8. The standard InChI is InChI=1S/C58H76N10O14S/c1-8-21-66(22-9-2)23-16-15-18-43(64-54(73)51(36(5)6)65-48(69)19-14-12-13-17-37-28-60-57(61-29-37)83(7,77)78)53(72)59-30-49(70)62-34-79-33-50(71)67(11-4)24-20-38-39-25-46-47(82-35-81-46)27-44(39)63-52-40(38)31-68-45(52)26-42-41(55(68)74)32-80-56(75)58(42,76)10-3/h25-29,36,43,51,76H,8-12,14-16,18-24,30-35H2,1-7H3,(H,59,72)(H,62,70)(H,64,73)(H,65,69)/t43-,51-,58-/m0/s1. The van der Waals surface area contributed by atoms with Crippen LogP contribution in [0.4, 0.5) is 0 Å². The highest BCUT2D eigenvalue weighted by Gasteiger charge is 2.46. The Bertz CT molecular complexity index is 3300. The zero-order valence-corrected chi connectivity index (χ0v) is 49.1. The summed E-state index contributed by atoms with van der Waals surface area (Å²) < 4.78 is 47.1. The average molecular weight is 1170 g/mol. The minimum absolute atomic E-state index is 0.00632. The van der Waals surface area contributed by atoms with Gasteiger partial charge in [0.2, 0.25) is 51.3 Å². The molecule has 6 heterocycles. The summed E-state index contributed by atoms with van der Waals surface area (Å²) in [6, 6.07) is 3.24. The number of amides is 5. The summed E-state index contributed by atoms with van der Waals surface area (Å²) in [5, 5.41) is 22.7. The number of cyclic esters (lactones) is 1. The van der Waals surface area contributed by atoms with E-state index in [-0.39, 0.29) is 93.1 Å². The zero-order valence-electron chi connectivity index (χ0n) is 48.3. The number of hydrogen-bond donors (Lipinski definition) is 5. The minimum atomic E-state index is -3.55. The summed E-state index contributed by atoms with van der Waals surface area (Å²) in [6.07, 6.45) is 8.34. The molecule has 448 valence electrons. The minimum Gasteiger partial charge on any atom is -0.458 e. The first-order valence-electron chi connectivity index (χ1n) is 28.4. The van der Waals surface area contributed by atoms with Gasteiger partial charge in [0.05, 0.1) is 41.1 Å². The highest BCUT2D eigenvalue weighted by atomic mass is 32.2. The summed E-state index contributed by atoms with van der Waals surface area (Å²) >= 11 is 0. The molecular formula is C58H76N10O14S. The van der Waals surface area contributed by atoms with Crippen LogP contribution in [0.2, 0.25) is 0 Å². The third-order valence-electron chi connectivity index (χ3n) is 14.8. The van der Waals surface area contributed by atoms with Gasteiger partial charge >= 0.3 is 5.97 Å². The number of aliphatic hydroxyl groups is 1. The Labute approximate surface area is 483 Å². The highest BCUT2D eigenvalue weighted by Crippen LogP contribution is 2.43. The van der Waals surface area contributed by atoms with E-state index in [0.29, 0.717) is 66.2 Å². The molecule has 83 heavy (non-hydrogen) atoms. The number of pyridine rings is 2. The fraction of sp³-hybridized carbons (Fsp3) is 0.552. The van der Waals surface area contributed by atoms with Crippen LogP contribution in [0.15, 0.2) is 40.5 Å². The van der Waals surface area contributed by atoms with Crippen molar-refractivity contribution in [3.8, 4) is 34.7 Å². The van der Waals surface area contributed by atoms with Crippen molar-refractivity contribution in [1.29, 1.82) is 0 Å². The molecule has 0 aliphatic carbocycles. The summed E-state index contributed by atoms with van der Waals surface area (Å²) in [6.45, 7) is 13.2. The van der Waals surface area contributed by atoms with Gasteiger partial charge in [0.25, 0.3) is 5.56 Å². The number of esters is 1. The number of carbonyl (C=O) groups excluding carboxylic acids is 6. The molecule has 5 amide bonds. The van der Waals surface area contributed by atoms with Gasteiger partial charge in [0.1, 0.15) is 32.0 Å². The number of carbonyl (C=O) groups is 6. The quantitative estimate of drug-likeness (QED) is 0.0151. The van der Waals surface area contributed by atoms with Crippen LogP contribution in [0.1, 0.15) is 127 Å². The van der Waals surface area contributed by atoms with Gasteiger partial charge in [0, 0.05) is 67.2 Å². The van der Waals surface area contributed by atoms with E-state index in [0.717, 1.165) is 61.7 Å². The Balaban J connectivity index is 0.924. The average Bonchev–Trinajstić information content (AvgIpc) is 1.88. The number of nitrogens with zero attached hydrogens (tertiary/aromatic N) is 6. The van der Waals surface area contributed by atoms with E-state index in [1.54, 1.807) is 42.4 Å². The summed E-state index contributed by atoms with van der Waals surface area (Å²) in [5.74, 6) is 3.11. The third kappa shape index (κ3) is 15.6. The highest BCUT2D eigenvalue weighted by molar-refractivity contribution is 7.90. The van der Waals surface area contributed by atoms with E-state index in [4.69, 9.17) is 23.9 Å². The first kappa shape index (κ1) is 63.1. The number of aromatic nitrogens is 4. The molecule has 0 saturated heterocycles. The maximum Gasteiger partial charge on any atom is 0.343 e. The van der Waals surface area contributed by atoms with Crippen molar-refractivity contribution in [2.75, 3.05) is 65.7 Å².